The number of hydrogen-bond donors (Lipinski definition) is 0. The van der Waals surface area contributed by atoms with E-state index in [9.17, 15) is 4.39 Å². The fourth-order valence-corrected chi connectivity index (χ4v) is 2.16. The van der Waals surface area contributed by atoms with Gasteiger partial charge in [-0.2, -0.15) is 0 Å². The Labute approximate surface area is 86.3 Å². The van der Waals surface area contributed by atoms with E-state index in [1.54, 1.807) is 0 Å². The second-order valence-electron chi connectivity index (χ2n) is 4.42. The Morgan fingerprint density at radius 3 is 2.54 bits per heavy atom. The zero-order chi connectivity index (χ0) is 9.64. The largest absolute Gasteiger partial charge is 0.206 e. The van der Waals surface area contributed by atoms with Gasteiger partial charge in [0.1, 0.15) is 5.82 Å². The Morgan fingerprint density at radius 1 is 1.46 bits per heavy atom. The quantitative estimate of drug-likeness (QED) is 0.696. The third kappa shape index (κ3) is 1.64. The molecule has 0 aromatic heterocycles. The number of halogens is 2. The molecule has 0 radical (unpaired) electrons. The van der Waals surface area contributed by atoms with Crippen molar-refractivity contribution in [2.45, 2.75) is 26.2 Å². The third-order valence-corrected chi connectivity index (χ3v) is 3.47. The van der Waals surface area contributed by atoms with E-state index in [2.05, 4.69) is 29.8 Å². The summed E-state index contributed by atoms with van der Waals surface area (Å²) < 4.78 is 13.5. The lowest BCUT2D eigenvalue weighted by Crippen LogP contribution is -1.90. The van der Waals surface area contributed by atoms with Crippen LogP contribution in [0.4, 0.5) is 4.39 Å². The molecule has 0 heterocycles. The first-order chi connectivity index (χ1) is 6.00. The van der Waals surface area contributed by atoms with Crippen LogP contribution in [0, 0.1) is 11.2 Å². The van der Waals surface area contributed by atoms with Crippen LogP contribution in [0.1, 0.15) is 31.7 Å². The summed E-state index contributed by atoms with van der Waals surface area (Å²) in [4.78, 5) is 0. The van der Waals surface area contributed by atoms with E-state index in [4.69, 9.17) is 0 Å². The van der Waals surface area contributed by atoms with Crippen LogP contribution in [-0.2, 0) is 0 Å². The number of benzene rings is 1. The van der Waals surface area contributed by atoms with Gasteiger partial charge < -0.3 is 0 Å². The molecule has 2 heteroatoms. The lowest BCUT2D eigenvalue weighted by molar-refractivity contribution is 0.610. The minimum Gasteiger partial charge on any atom is -0.206 e. The molecule has 1 fully saturated rings. The summed E-state index contributed by atoms with van der Waals surface area (Å²) in [5, 5.41) is 0. The van der Waals surface area contributed by atoms with Gasteiger partial charge in [0.15, 0.2) is 0 Å². The molecule has 1 aromatic carbocycles. The van der Waals surface area contributed by atoms with Gasteiger partial charge in [-0.25, -0.2) is 4.39 Å². The van der Waals surface area contributed by atoms with E-state index in [1.807, 2.05) is 12.1 Å². The molecule has 70 valence electrons. The smallest absolute Gasteiger partial charge is 0.137 e. The standard InChI is InChI=1S/C11H12BrF/c1-11(2)6-8(11)7-3-4-10(13)9(12)5-7/h3-5,8H,6H2,1-2H3/t8-/m0/s1. The van der Waals surface area contributed by atoms with Gasteiger partial charge in [0, 0.05) is 0 Å². The predicted octanol–water partition coefficient (Wildman–Crippen LogP) is 4.10. The lowest BCUT2D eigenvalue weighted by Gasteiger charge is -2.04. The Balaban J connectivity index is 2.29. The summed E-state index contributed by atoms with van der Waals surface area (Å²) >= 11 is 3.20. The summed E-state index contributed by atoms with van der Waals surface area (Å²) in [6.07, 6.45) is 1.21. The van der Waals surface area contributed by atoms with Crippen molar-refractivity contribution in [2.24, 2.45) is 5.41 Å². The van der Waals surface area contributed by atoms with Crippen LogP contribution in [0.3, 0.4) is 0 Å². The Morgan fingerprint density at radius 2 is 2.08 bits per heavy atom. The molecular formula is C11H12BrF. The molecule has 1 aliphatic carbocycles. The van der Waals surface area contributed by atoms with Crippen molar-refractivity contribution in [1.82, 2.24) is 0 Å². The van der Waals surface area contributed by atoms with E-state index in [1.165, 1.54) is 18.1 Å². The molecule has 13 heavy (non-hydrogen) atoms. The second-order valence-corrected chi connectivity index (χ2v) is 5.27. The molecule has 1 aromatic rings. The minimum atomic E-state index is -0.179. The molecule has 0 saturated heterocycles. The van der Waals surface area contributed by atoms with Crippen LogP contribution in [0.25, 0.3) is 0 Å². The van der Waals surface area contributed by atoms with Crippen molar-refractivity contribution < 1.29 is 4.39 Å². The number of rotatable bonds is 1. The number of hydrogen-bond acceptors (Lipinski definition) is 0. The highest BCUT2D eigenvalue weighted by Crippen LogP contribution is 2.58. The van der Waals surface area contributed by atoms with Gasteiger partial charge >= 0.3 is 0 Å². The van der Waals surface area contributed by atoms with Crippen molar-refractivity contribution in [3.8, 4) is 0 Å². The van der Waals surface area contributed by atoms with Gasteiger partial charge in [-0.05, 0) is 51.4 Å². The first-order valence-corrected chi connectivity index (χ1v) is 5.25. The van der Waals surface area contributed by atoms with Gasteiger partial charge in [-0.1, -0.05) is 19.9 Å². The summed E-state index contributed by atoms with van der Waals surface area (Å²) in [5.41, 5.74) is 1.66. The highest BCUT2D eigenvalue weighted by molar-refractivity contribution is 9.10. The van der Waals surface area contributed by atoms with Crippen molar-refractivity contribution in [3.05, 3.63) is 34.1 Å². The minimum absolute atomic E-state index is 0.179. The van der Waals surface area contributed by atoms with Crippen molar-refractivity contribution >= 4 is 15.9 Å². The Kier molecular flexibility index (Phi) is 1.99. The zero-order valence-corrected chi connectivity index (χ0v) is 9.36. The normalized spacial score (nSPS) is 24.5. The summed E-state index contributed by atoms with van der Waals surface area (Å²) in [7, 11) is 0. The summed E-state index contributed by atoms with van der Waals surface area (Å²) in [6.45, 7) is 4.49. The van der Waals surface area contributed by atoms with Crippen molar-refractivity contribution in [2.75, 3.05) is 0 Å². The molecule has 0 nitrogen and oxygen atoms in total. The fraction of sp³-hybridized carbons (Fsp3) is 0.455. The van der Waals surface area contributed by atoms with Crippen molar-refractivity contribution in [1.29, 1.82) is 0 Å². The SMILES string of the molecule is CC1(C)C[C@H]1c1ccc(F)c(Br)c1. The van der Waals surface area contributed by atoms with E-state index in [-0.39, 0.29) is 5.82 Å². The van der Waals surface area contributed by atoms with E-state index < -0.39 is 0 Å². The molecular weight excluding hydrogens is 231 g/mol. The zero-order valence-electron chi connectivity index (χ0n) is 7.77. The maximum Gasteiger partial charge on any atom is 0.137 e. The first-order valence-electron chi connectivity index (χ1n) is 4.46. The summed E-state index contributed by atoms with van der Waals surface area (Å²) in [5.74, 6) is 0.437. The van der Waals surface area contributed by atoms with E-state index in [0.717, 1.165) is 0 Å². The molecule has 0 aliphatic heterocycles. The molecule has 0 spiro atoms. The van der Waals surface area contributed by atoms with Crippen molar-refractivity contribution in [3.63, 3.8) is 0 Å². The first kappa shape index (κ1) is 9.20. The molecule has 0 amide bonds. The topological polar surface area (TPSA) is 0 Å². The monoisotopic (exact) mass is 242 g/mol. The maximum absolute atomic E-state index is 12.9. The molecule has 1 aliphatic rings. The molecule has 0 bridgehead atoms. The Hall–Kier alpha value is -0.370. The van der Waals surface area contributed by atoms with E-state index in [0.29, 0.717) is 15.8 Å². The van der Waals surface area contributed by atoms with Crippen LogP contribution in [0.15, 0.2) is 22.7 Å². The van der Waals surface area contributed by atoms with Gasteiger partial charge in [0.05, 0.1) is 4.47 Å². The predicted molar refractivity (Wildman–Crippen MR) is 55.2 cm³/mol. The average Bonchev–Trinajstić information content (AvgIpc) is 2.66. The molecule has 0 unspecified atom stereocenters. The average molecular weight is 243 g/mol. The lowest BCUT2D eigenvalue weighted by atomic mass is 10.0. The maximum atomic E-state index is 12.9. The van der Waals surface area contributed by atoms with Gasteiger partial charge in [0.2, 0.25) is 0 Å². The fourth-order valence-electron chi connectivity index (χ4n) is 1.77. The van der Waals surface area contributed by atoms with Gasteiger partial charge in [0.25, 0.3) is 0 Å². The summed E-state index contributed by atoms with van der Waals surface area (Å²) in [6, 6.07) is 5.32. The highest BCUT2D eigenvalue weighted by atomic mass is 79.9. The van der Waals surface area contributed by atoms with Crippen LogP contribution < -0.4 is 0 Å². The molecule has 2 rings (SSSR count). The van der Waals surface area contributed by atoms with Crippen LogP contribution in [0.2, 0.25) is 0 Å². The molecule has 1 saturated carbocycles. The van der Waals surface area contributed by atoms with Gasteiger partial charge in [-0.15, -0.1) is 0 Å². The van der Waals surface area contributed by atoms with Gasteiger partial charge in [-0.3, -0.25) is 0 Å². The Bertz CT molecular complexity index is 344. The third-order valence-electron chi connectivity index (χ3n) is 2.86. The molecule has 0 N–H and O–H groups in total. The molecule has 1 atom stereocenters. The van der Waals surface area contributed by atoms with E-state index >= 15 is 0 Å². The van der Waals surface area contributed by atoms with Crippen LogP contribution >= 0.6 is 15.9 Å². The van der Waals surface area contributed by atoms with Crippen LogP contribution in [-0.4, -0.2) is 0 Å². The highest BCUT2D eigenvalue weighted by Gasteiger charge is 2.46. The second kappa shape index (κ2) is 2.81. The van der Waals surface area contributed by atoms with Crippen LogP contribution in [0.5, 0.6) is 0 Å².